The summed E-state index contributed by atoms with van der Waals surface area (Å²) in [4.78, 5) is 61.1. The molecular formula is C39H58N10O4. The third-order valence-corrected chi connectivity index (χ3v) is 9.00. The quantitative estimate of drug-likeness (QED) is 0.0598. The lowest BCUT2D eigenvalue weighted by molar-refractivity contribution is -0.138. The van der Waals surface area contributed by atoms with E-state index in [1.807, 2.05) is 74.5 Å². The molecule has 0 spiro atoms. The van der Waals surface area contributed by atoms with Crippen molar-refractivity contribution >= 4 is 35.4 Å². The number of nitrogens with two attached hydrogens (primary N) is 4. The zero-order valence-corrected chi connectivity index (χ0v) is 31.1. The number of likely N-dealkylation sites (tertiary alicyclic amines) is 1. The van der Waals surface area contributed by atoms with E-state index in [4.69, 9.17) is 28.3 Å². The van der Waals surface area contributed by atoms with Gasteiger partial charge in [-0.15, -0.1) is 0 Å². The topological polar surface area (TPSA) is 248 Å². The summed E-state index contributed by atoms with van der Waals surface area (Å²) >= 11 is 0. The van der Waals surface area contributed by atoms with Crippen molar-refractivity contribution in [2.24, 2.45) is 33.8 Å². The van der Waals surface area contributed by atoms with Crippen LogP contribution in [0.15, 0.2) is 77.3 Å². The first-order chi connectivity index (χ1) is 25.3. The van der Waals surface area contributed by atoms with Crippen molar-refractivity contribution in [2.45, 2.75) is 95.8 Å². The fourth-order valence-corrected chi connectivity index (χ4v) is 6.29. The lowest BCUT2D eigenvalue weighted by Gasteiger charge is -2.29. The SMILES string of the molecule is CC(C)C[C@@H](NC(=O)[C@@H](Cc1ccccc1)NC(=O)[C@H](N)Cc1ccccc1)C(=O)N[C@H](CCCCN=C(N)N)C(=O)N1CCCC(=CC(=N)N)CC1. The van der Waals surface area contributed by atoms with Crippen LogP contribution < -0.4 is 38.9 Å². The van der Waals surface area contributed by atoms with E-state index in [0.29, 0.717) is 58.2 Å². The highest BCUT2D eigenvalue weighted by molar-refractivity contribution is 5.95. The molecule has 2 aromatic rings. The average molecular weight is 731 g/mol. The monoisotopic (exact) mass is 730 g/mol. The number of guanidine groups is 1. The van der Waals surface area contributed by atoms with Crippen molar-refractivity contribution in [1.82, 2.24) is 20.9 Å². The smallest absolute Gasteiger partial charge is 0.245 e. The van der Waals surface area contributed by atoms with Crippen LogP contribution >= 0.6 is 0 Å². The lowest BCUT2D eigenvalue weighted by Crippen LogP contribution is -2.58. The van der Waals surface area contributed by atoms with Crippen LogP contribution in [0.3, 0.4) is 0 Å². The molecule has 14 heteroatoms. The molecule has 12 N–H and O–H groups in total. The maximum Gasteiger partial charge on any atom is 0.245 e. The first-order valence-electron chi connectivity index (χ1n) is 18.4. The van der Waals surface area contributed by atoms with Gasteiger partial charge in [0.15, 0.2) is 5.96 Å². The minimum atomic E-state index is -1.02. The summed E-state index contributed by atoms with van der Waals surface area (Å²) < 4.78 is 0. The number of nitrogens with zero attached hydrogens (tertiary/aromatic N) is 2. The number of benzene rings is 2. The normalized spacial score (nSPS) is 16.1. The van der Waals surface area contributed by atoms with E-state index in [1.54, 1.807) is 11.0 Å². The molecule has 4 atom stereocenters. The Bertz CT molecular complexity index is 1560. The number of amides is 4. The minimum Gasteiger partial charge on any atom is -0.384 e. The van der Waals surface area contributed by atoms with E-state index < -0.39 is 41.9 Å². The van der Waals surface area contributed by atoms with Crippen molar-refractivity contribution < 1.29 is 19.2 Å². The Hall–Kier alpha value is -5.24. The second-order valence-corrected chi connectivity index (χ2v) is 14.0. The number of nitrogens with one attached hydrogen (secondary N) is 4. The molecule has 1 aliphatic heterocycles. The first kappa shape index (κ1) is 42.2. The Morgan fingerprint density at radius 1 is 0.792 bits per heavy atom. The molecule has 4 amide bonds. The van der Waals surface area contributed by atoms with E-state index in [0.717, 1.165) is 23.1 Å². The van der Waals surface area contributed by atoms with Crippen LogP contribution in [0.25, 0.3) is 0 Å². The van der Waals surface area contributed by atoms with E-state index in [2.05, 4.69) is 20.9 Å². The van der Waals surface area contributed by atoms with Crippen molar-refractivity contribution in [3.63, 3.8) is 0 Å². The van der Waals surface area contributed by atoms with Gasteiger partial charge in [-0.3, -0.25) is 29.6 Å². The van der Waals surface area contributed by atoms with Crippen LogP contribution in [0.4, 0.5) is 0 Å². The summed E-state index contributed by atoms with van der Waals surface area (Å²) in [6.45, 7) is 5.18. The van der Waals surface area contributed by atoms with Gasteiger partial charge in [-0.05, 0) is 74.5 Å². The standard InChI is InChI=1S/C39H58N10O4/c1-26(2)22-32(48-37(52)33(24-28-14-7-4-8-15-28)47-35(50)30(40)23-27-12-5-3-6-13-27)36(51)46-31(17-9-10-19-45-39(43)44)38(53)49-20-11-16-29(18-21-49)25-34(41)42/h3-8,12-15,25-26,30-33H,9-11,16-24,40H2,1-2H3,(H3,41,42)(H,46,51)(H,47,50)(H,48,52)(H4,43,44,45)/t30-,31-,32-,33-/m1/s1. The zero-order valence-electron chi connectivity index (χ0n) is 31.1. The van der Waals surface area contributed by atoms with Crippen LogP contribution in [-0.4, -0.2) is 84.1 Å². The van der Waals surface area contributed by atoms with E-state index in [1.165, 1.54) is 0 Å². The summed E-state index contributed by atoms with van der Waals surface area (Å²) in [6, 6.07) is 14.9. The summed E-state index contributed by atoms with van der Waals surface area (Å²) in [5.41, 5.74) is 25.5. The molecule has 3 rings (SSSR count). The predicted octanol–water partition coefficient (Wildman–Crippen LogP) is 1.62. The summed E-state index contributed by atoms with van der Waals surface area (Å²) in [6.07, 6.45) is 5.90. The average Bonchev–Trinajstić information content (AvgIpc) is 3.35. The number of unbranched alkanes of at least 4 members (excludes halogenated alkanes) is 1. The van der Waals surface area contributed by atoms with Crippen molar-refractivity contribution in [1.29, 1.82) is 5.41 Å². The van der Waals surface area contributed by atoms with E-state index in [9.17, 15) is 19.2 Å². The number of aliphatic imine (C=N–C) groups is 1. The van der Waals surface area contributed by atoms with Gasteiger partial charge < -0.3 is 43.8 Å². The first-order valence-corrected chi connectivity index (χ1v) is 18.4. The number of carbonyl (C=O) groups excluding carboxylic acids is 4. The Balaban J connectivity index is 1.80. The second kappa shape index (κ2) is 22.0. The summed E-state index contributed by atoms with van der Waals surface area (Å²) in [7, 11) is 0. The number of hydrogen-bond donors (Lipinski definition) is 8. The molecule has 0 unspecified atom stereocenters. The van der Waals surface area contributed by atoms with Crippen LogP contribution in [0, 0.1) is 11.3 Å². The molecule has 0 bridgehead atoms. The van der Waals surface area contributed by atoms with Gasteiger partial charge in [0.25, 0.3) is 0 Å². The molecule has 1 heterocycles. The summed E-state index contributed by atoms with van der Waals surface area (Å²) in [5, 5.41) is 16.3. The lowest BCUT2D eigenvalue weighted by atomic mass is 9.99. The molecule has 1 fully saturated rings. The summed E-state index contributed by atoms with van der Waals surface area (Å²) in [5.74, 6) is -1.76. The Morgan fingerprint density at radius 2 is 1.38 bits per heavy atom. The molecule has 0 saturated carbocycles. The highest BCUT2D eigenvalue weighted by Gasteiger charge is 2.32. The van der Waals surface area contributed by atoms with Gasteiger partial charge in [-0.25, -0.2) is 0 Å². The Morgan fingerprint density at radius 3 is 1.98 bits per heavy atom. The molecule has 1 aliphatic rings. The van der Waals surface area contributed by atoms with Crippen molar-refractivity contribution in [2.75, 3.05) is 19.6 Å². The highest BCUT2D eigenvalue weighted by Crippen LogP contribution is 2.19. The van der Waals surface area contributed by atoms with Gasteiger partial charge in [0.1, 0.15) is 24.0 Å². The van der Waals surface area contributed by atoms with Crippen LogP contribution in [0.2, 0.25) is 0 Å². The maximum absolute atomic E-state index is 14.0. The van der Waals surface area contributed by atoms with Gasteiger partial charge in [-0.2, -0.15) is 0 Å². The number of carbonyl (C=O) groups is 4. The molecule has 0 aliphatic carbocycles. The largest absolute Gasteiger partial charge is 0.384 e. The van der Waals surface area contributed by atoms with Crippen LogP contribution in [0.1, 0.15) is 69.9 Å². The molecule has 14 nitrogen and oxygen atoms in total. The highest BCUT2D eigenvalue weighted by atomic mass is 16.2. The Labute approximate surface area is 313 Å². The second-order valence-electron chi connectivity index (χ2n) is 14.0. The molecule has 1 saturated heterocycles. The van der Waals surface area contributed by atoms with Gasteiger partial charge in [0, 0.05) is 26.1 Å². The Kier molecular flexibility index (Phi) is 17.5. The molecule has 288 valence electrons. The van der Waals surface area contributed by atoms with Gasteiger partial charge in [-0.1, -0.05) is 80.1 Å². The van der Waals surface area contributed by atoms with Gasteiger partial charge in [0.05, 0.1) is 6.04 Å². The van der Waals surface area contributed by atoms with E-state index >= 15 is 0 Å². The fourth-order valence-electron chi connectivity index (χ4n) is 6.29. The zero-order chi connectivity index (χ0) is 38.8. The van der Waals surface area contributed by atoms with E-state index in [-0.39, 0.29) is 36.5 Å². The van der Waals surface area contributed by atoms with Gasteiger partial charge >= 0.3 is 0 Å². The maximum atomic E-state index is 14.0. The molecule has 53 heavy (non-hydrogen) atoms. The van der Waals surface area contributed by atoms with Gasteiger partial charge in [0.2, 0.25) is 23.6 Å². The van der Waals surface area contributed by atoms with Crippen molar-refractivity contribution in [3.05, 3.63) is 83.4 Å². The minimum absolute atomic E-state index is 0.0123. The molecule has 0 radical (unpaired) electrons. The number of hydrogen-bond acceptors (Lipinski definition) is 7. The third-order valence-electron chi connectivity index (χ3n) is 9.00. The van der Waals surface area contributed by atoms with Crippen LogP contribution in [-0.2, 0) is 32.0 Å². The number of rotatable bonds is 19. The van der Waals surface area contributed by atoms with Crippen molar-refractivity contribution in [3.8, 4) is 0 Å². The predicted molar refractivity (Wildman–Crippen MR) is 208 cm³/mol. The third kappa shape index (κ3) is 15.5. The number of amidine groups is 1. The van der Waals surface area contributed by atoms with Crippen LogP contribution in [0.5, 0.6) is 0 Å². The molecule has 2 aromatic carbocycles. The fraction of sp³-hybridized carbons (Fsp3) is 0.487. The molecule has 0 aromatic heterocycles. The molecular weight excluding hydrogens is 672 g/mol.